The number of carbonyl (C=O) groups is 2. The first-order chi connectivity index (χ1) is 11.1. The molecule has 0 bridgehead atoms. The van der Waals surface area contributed by atoms with Gasteiger partial charge in [0, 0.05) is 10.8 Å². The molecule has 2 N–H and O–H groups in total. The van der Waals surface area contributed by atoms with Crippen LogP contribution in [-0.4, -0.2) is 22.0 Å². The number of amides is 2. The summed E-state index contributed by atoms with van der Waals surface area (Å²) in [6, 6.07) is 15.6. The highest BCUT2D eigenvalue weighted by atomic mass is 16.3. The zero-order valence-corrected chi connectivity index (χ0v) is 11.8. The predicted molar refractivity (Wildman–Crippen MR) is 83.7 cm³/mol. The maximum atomic E-state index is 12.6. The second kappa shape index (κ2) is 4.58. The highest BCUT2D eigenvalue weighted by Gasteiger charge is 2.42. The summed E-state index contributed by atoms with van der Waals surface area (Å²) in [6.45, 7) is 0. The summed E-state index contributed by atoms with van der Waals surface area (Å²) < 4.78 is 0. The van der Waals surface area contributed by atoms with E-state index in [4.69, 9.17) is 0 Å². The van der Waals surface area contributed by atoms with E-state index >= 15 is 0 Å². The van der Waals surface area contributed by atoms with E-state index in [1.54, 1.807) is 48.5 Å². The zero-order chi connectivity index (χ0) is 16.1. The van der Waals surface area contributed by atoms with Gasteiger partial charge in [-0.15, -0.1) is 0 Å². The van der Waals surface area contributed by atoms with Crippen LogP contribution in [0.15, 0.2) is 48.5 Å². The number of benzene rings is 3. The number of hydrogen-bond acceptors (Lipinski definition) is 4. The number of fused-ring (bicyclic) bond motifs is 2. The van der Waals surface area contributed by atoms with Gasteiger partial charge in [0.15, 0.2) is 0 Å². The van der Waals surface area contributed by atoms with Crippen molar-refractivity contribution in [2.75, 3.05) is 4.90 Å². The molecule has 0 aromatic heterocycles. The molecule has 1 radical (unpaired) electrons. The molecule has 4 rings (SSSR count). The number of hydrogen-bond donors (Lipinski definition) is 2. The number of anilines is 1. The lowest BCUT2D eigenvalue weighted by Crippen LogP contribution is -2.29. The van der Waals surface area contributed by atoms with Gasteiger partial charge in [-0.25, -0.2) is 4.90 Å². The van der Waals surface area contributed by atoms with Gasteiger partial charge in [-0.05, 0) is 18.2 Å². The molecule has 1 heterocycles. The molecular weight excluding hydrogens is 294 g/mol. The summed E-state index contributed by atoms with van der Waals surface area (Å²) in [7, 11) is 0. The fourth-order valence-corrected chi connectivity index (χ4v) is 2.90. The minimum absolute atomic E-state index is 0.168. The Morgan fingerprint density at radius 2 is 1.26 bits per heavy atom. The van der Waals surface area contributed by atoms with E-state index in [0.29, 0.717) is 16.5 Å². The number of phenols is 2. The lowest BCUT2D eigenvalue weighted by atomic mass is 9.99. The predicted octanol–water partition coefficient (Wildman–Crippen LogP) is 2.85. The summed E-state index contributed by atoms with van der Waals surface area (Å²) in [5.41, 5.74) is 0.0240. The van der Waals surface area contributed by atoms with Gasteiger partial charge in [0.25, 0.3) is 11.8 Å². The van der Waals surface area contributed by atoms with E-state index in [9.17, 15) is 19.8 Å². The third kappa shape index (κ3) is 1.67. The molecule has 0 atom stereocenters. The lowest BCUT2D eigenvalue weighted by Gasteiger charge is -2.13. The Morgan fingerprint density at radius 1 is 0.783 bits per heavy atom. The minimum Gasteiger partial charge on any atom is -0.506 e. The molecule has 1 aliphatic heterocycles. The number of carbonyl (C=O) groups excluding carboxylic acids is 2. The Bertz CT molecular complexity index is 919. The van der Waals surface area contributed by atoms with E-state index in [-0.39, 0.29) is 22.6 Å². The summed E-state index contributed by atoms with van der Waals surface area (Å²) in [5.74, 6) is -1.90. The molecule has 0 spiro atoms. The van der Waals surface area contributed by atoms with Crippen molar-refractivity contribution in [2.24, 2.45) is 0 Å². The second-order valence-electron chi connectivity index (χ2n) is 5.20. The second-order valence-corrected chi connectivity index (χ2v) is 5.20. The molecule has 5 heteroatoms. The molecule has 0 fully saturated rings. The third-order valence-electron chi connectivity index (χ3n) is 3.95. The lowest BCUT2D eigenvalue weighted by molar-refractivity contribution is 0.0925. The summed E-state index contributed by atoms with van der Waals surface area (Å²) >= 11 is 0. The molecule has 0 saturated carbocycles. The topological polar surface area (TPSA) is 77.8 Å². The Hall–Kier alpha value is -3.34. The van der Waals surface area contributed by atoms with Gasteiger partial charge in [-0.3, -0.25) is 9.59 Å². The van der Waals surface area contributed by atoms with Crippen molar-refractivity contribution in [2.45, 2.75) is 0 Å². The van der Waals surface area contributed by atoms with Crippen LogP contribution in [0.3, 0.4) is 0 Å². The van der Waals surface area contributed by atoms with Gasteiger partial charge in [-0.1, -0.05) is 36.4 Å². The molecule has 2 amide bonds. The van der Waals surface area contributed by atoms with Crippen molar-refractivity contribution in [3.8, 4) is 11.5 Å². The first-order valence-electron chi connectivity index (χ1n) is 6.92. The van der Waals surface area contributed by atoms with Crippen LogP contribution >= 0.6 is 0 Å². The van der Waals surface area contributed by atoms with Gasteiger partial charge in [0.05, 0.1) is 16.8 Å². The maximum Gasteiger partial charge on any atom is 0.270 e. The van der Waals surface area contributed by atoms with E-state index in [1.165, 1.54) is 0 Å². The molecule has 0 unspecified atom stereocenters. The average molecular weight is 304 g/mol. The molecule has 5 nitrogen and oxygen atoms in total. The smallest absolute Gasteiger partial charge is 0.270 e. The van der Waals surface area contributed by atoms with Gasteiger partial charge in [0.1, 0.15) is 11.5 Å². The molecule has 3 aromatic carbocycles. The zero-order valence-electron chi connectivity index (χ0n) is 11.8. The molecular formula is C18H10NO4. The normalized spacial score (nSPS) is 13.7. The molecule has 1 aliphatic rings. The van der Waals surface area contributed by atoms with Crippen molar-refractivity contribution in [3.63, 3.8) is 0 Å². The van der Waals surface area contributed by atoms with Crippen LogP contribution in [0.4, 0.5) is 5.69 Å². The first kappa shape index (κ1) is 13.3. The molecule has 0 saturated heterocycles. The summed E-state index contributed by atoms with van der Waals surface area (Å²) in [5, 5.41) is 21.5. The van der Waals surface area contributed by atoms with E-state index in [2.05, 4.69) is 6.07 Å². The van der Waals surface area contributed by atoms with E-state index in [0.717, 1.165) is 4.90 Å². The van der Waals surface area contributed by atoms with Crippen LogP contribution in [0, 0.1) is 6.07 Å². The van der Waals surface area contributed by atoms with Crippen LogP contribution in [0.5, 0.6) is 11.5 Å². The molecule has 23 heavy (non-hydrogen) atoms. The SMILES string of the molecule is O=C1c2c(c(O)c3ccccc3c2O)C(=O)N1c1cc[c]cc1. The van der Waals surface area contributed by atoms with Gasteiger partial charge >= 0.3 is 0 Å². The Balaban J connectivity index is 2.04. The van der Waals surface area contributed by atoms with Gasteiger partial charge < -0.3 is 10.2 Å². The fraction of sp³-hybridized carbons (Fsp3) is 0. The third-order valence-corrected chi connectivity index (χ3v) is 3.95. The van der Waals surface area contributed by atoms with Crippen molar-refractivity contribution in [3.05, 3.63) is 65.7 Å². The maximum absolute atomic E-state index is 12.6. The van der Waals surface area contributed by atoms with Crippen LogP contribution in [-0.2, 0) is 0 Å². The van der Waals surface area contributed by atoms with Crippen molar-refractivity contribution in [1.82, 2.24) is 0 Å². The molecule has 0 aliphatic carbocycles. The van der Waals surface area contributed by atoms with Crippen molar-refractivity contribution >= 4 is 28.3 Å². The van der Waals surface area contributed by atoms with Crippen LogP contribution in [0.1, 0.15) is 20.7 Å². The van der Waals surface area contributed by atoms with Gasteiger partial charge in [-0.2, -0.15) is 0 Å². The van der Waals surface area contributed by atoms with Crippen molar-refractivity contribution < 1.29 is 19.8 Å². The fourth-order valence-electron chi connectivity index (χ4n) is 2.90. The van der Waals surface area contributed by atoms with E-state index in [1.807, 2.05) is 0 Å². The van der Waals surface area contributed by atoms with Crippen molar-refractivity contribution in [1.29, 1.82) is 0 Å². The number of rotatable bonds is 1. The summed E-state index contributed by atoms with van der Waals surface area (Å²) in [4.78, 5) is 26.2. The Kier molecular flexibility index (Phi) is 2.65. The standard InChI is InChI=1S/C18H10NO4/c20-15-11-8-4-5-9-12(11)16(21)14-13(15)17(22)19(18(14)23)10-6-2-1-3-7-10/h2-9,20-21H. The number of aromatic hydroxyl groups is 2. The first-order valence-corrected chi connectivity index (χ1v) is 6.92. The molecule has 111 valence electrons. The number of imide groups is 1. The van der Waals surface area contributed by atoms with E-state index < -0.39 is 11.8 Å². The average Bonchev–Trinajstić information content (AvgIpc) is 2.85. The van der Waals surface area contributed by atoms with Crippen LogP contribution < -0.4 is 4.90 Å². The monoisotopic (exact) mass is 304 g/mol. The van der Waals surface area contributed by atoms with Crippen LogP contribution in [0.25, 0.3) is 10.8 Å². The summed E-state index contributed by atoms with van der Waals surface area (Å²) in [6.07, 6.45) is 0. The van der Waals surface area contributed by atoms with Gasteiger partial charge in [0.2, 0.25) is 0 Å². The van der Waals surface area contributed by atoms with Crippen LogP contribution in [0.2, 0.25) is 0 Å². The Morgan fingerprint density at radius 3 is 1.74 bits per heavy atom. The molecule has 3 aromatic rings. The largest absolute Gasteiger partial charge is 0.506 e. The highest BCUT2D eigenvalue weighted by Crippen LogP contribution is 2.44. The minimum atomic E-state index is -0.658. The Labute approximate surface area is 131 Å². The quantitative estimate of drug-likeness (QED) is 0.535. The highest BCUT2D eigenvalue weighted by molar-refractivity contribution is 6.37. The number of nitrogens with zero attached hydrogens (tertiary/aromatic N) is 1. The number of phenolic OH excluding ortho intramolecular Hbond substituents is 2.